The van der Waals surface area contributed by atoms with Gasteiger partial charge in [-0.1, -0.05) is 32.0 Å². The molecule has 0 atom stereocenters. The number of carboxylic acids is 1. The third kappa shape index (κ3) is 3.15. The molecule has 2 N–H and O–H groups in total. The quantitative estimate of drug-likeness (QED) is 0.785. The van der Waals surface area contributed by atoms with E-state index in [2.05, 4.69) is 19.2 Å². The molecule has 4 heteroatoms. The van der Waals surface area contributed by atoms with Gasteiger partial charge in [0.05, 0.1) is 12.7 Å². The summed E-state index contributed by atoms with van der Waals surface area (Å²) < 4.78 is 5.56. The molecule has 4 nitrogen and oxygen atoms in total. The number of para-hydroxylation sites is 1. The molecule has 0 amide bonds. The van der Waals surface area contributed by atoms with E-state index < -0.39 is 5.97 Å². The summed E-state index contributed by atoms with van der Waals surface area (Å²) in [7, 11) is 0. The van der Waals surface area contributed by atoms with Gasteiger partial charge in [0.25, 0.3) is 0 Å². The lowest BCUT2D eigenvalue weighted by Crippen LogP contribution is -2.33. The van der Waals surface area contributed by atoms with Gasteiger partial charge in [0.15, 0.2) is 0 Å². The molecule has 0 saturated heterocycles. The Morgan fingerprint density at radius 3 is 2.84 bits per heavy atom. The fourth-order valence-corrected chi connectivity index (χ4v) is 2.19. The minimum Gasteiger partial charge on any atom is -0.481 e. The summed E-state index contributed by atoms with van der Waals surface area (Å²) in [4.78, 5) is 10.5. The summed E-state index contributed by atoms with van der Waals surface area (Å²) in [5.41, 5.74) is 1.92. The van der Waals surface area contributed by atoms with Crippen LogP contribution in [0, 0.1) is 0 Å². The van der Waals surface area contributed by atoms with Gasteiger partial charge in [0.1, 0.15) is 5.58 Å². The van der Waals surface area contributed by atoms with Crippen molar-refractivity contribution < 1.29 is 14.3 Å². The maximum Gasteiger partial charge on any atom is 0.304 e. The van der Waals surface area contributed by atoms with Gasteiger partial charge in [0, 0.05) is 29.5 Å². The highest BCUT2D eigenvalue weighted by Crippen LogP contribution is 2.31. The van der Waals surface area contributed by atoms with E-state index in [-0.39, 0.29) is 11.8 Å². The Morgan fingerprint density at radius 1 is 1.37 bits per heavy atom. The molecule has 2 aromatic rings. The summed E-state index contributed by atoms with van der Waals surface area (Å²) in [6.45, 7) is 5.44. The lowest BCUT2D eigenvalue weighted by molar-refractivity contribution is -0.136. The summed E-state index contributed by atoms with van der Waals surface area (Å²) >= 11 is 0. The van der Waals surface area contributed by atoms with Crippen LogP contribution in [0.2, 0.25) is 0 Å². The number of benzene rings is 1. The summed E-state index contributed by atoms with van der Waals surface area (Å²) in [6, 6.07) is 7.95. The Balaban J connectivity index is 2.08. The lowest BCUT2D eigenvalue weighted by Gasteiger charge is -2.24. The van der Waals surface area contributed by atoms with Crippen LogP contribution in [0.3, 0.4) is 0 Å². The van der Waals surface area contributed by atoms with E-state index in [4.69, 9.17) is 9.52 Å². The van der Waals surface area contributed by atoms with Gasteiger partial charge in [-0.05, 0) is 6.07 Å². The van der Waals surface area contributed by atoms with Crippen molar-refractivity contribution in [3.05, 3.63) is 36.1 Å². The van der Waals surface area contributed by atoms with Crippen LogP contribution in [0.1, 0.15) is 25.8 Å². The maximum absolute atomic E-state index is 10.5. The fourth-order valence-electron chi connectivity index (χ4n) is 2.19. The number of hydrogen-bond donors (Lipinski definition) is 2. The molecule has 102 valence electrons. The minimum atomic E-state index is -0.779. The van der Waals surface area contributed by atoms with Gasteiger partial charge in [-0.2, -0.15) is 0 Å². The topological polar surface area (TPSA) is 62.5 Å². The number of rotatable bonds is 6. The normalized spacial score (nSPS) is 11.9. The van der Waals surface area contributed by atoms with Crippen LogP contribution in [0.4, 0.5) is 0 Å². The summed E-state index contributed by atoms with van der Waals surface area (Å²) in [5.74, 6) is -0.779. The lowest BCUT2D eigenvalue weighted by atomic mass is 9.84. The molecule has 1 aromatic carbocycles. The highest BCUT2D eigenvalue weighted by Gasteiger charge is 2.24. The Kier molecular flexibility index (Phi) is 3.90. The number of carbonyl (C=O) groups is 1. The first kappa shape index (κ1) is 13.6. The third-order valence-corrected chi connectivity index (χ3v) is 3.29. The van der Waals surface area contributed by atoms with Crippen LogP contribution in [-0.2, 0) is 10.2 Å². The van der Waals surface area contributed by atoms with E-state index in [1.807, 2.05) is 24.3 Å². The molecule has 0 spiro atoms. The van der Waals surface area contributed by atoms with Gasteiger partial charge in [-0.15, -0.1) is 0 Å². The SMILES string of the molecule is CC(C)(CNCCC(=O)O)c1coc2ccccc12. The Hall–Kier alpha value is -1.81. The molecule has 0 aliphatic carbocycles. The summed E-state index contributed by atoms with van der Waals surface area (Å²) in [5, 5.41) is 12.9. The van der Waals surface area contributed by atoms with Gasteiger partial charge >= 0.3 is 5.97 Å². The van der Waals surface area contributed by atoms with Crippen molar-refractivity contribution in [1.29, 1.82) is 0 Å². The Morgan fingerprint density at radius 2 is 2.11 bits per heavy atom. The second-order valence-electron chi connectivity index (χ2n) is 5.35. The van der Waals surface area contributed by atoms with Gasteiger partial charge in [-0.3, -0.25) is 4.79 Å². The van der Waals surface area contributed by atoms with E-state index in [0.29, 0.717) is 13.1 Å². The second-order valence-corrected chi connectivity index (χ2v) is 5.35. The van der Waals surface area contributed by atoms with E-state index in [1.54, 1.807) is 6.26 Å². The largest absolute Gasteiger partial charge is 0.481 e. The maximum atomic E-state index is 10.5. The van der Waals surface area contributed by atoms with Crippen molar-refractivity contribution in [3.8, 4) is 0 Å². The smallest absolute Gasteiger partial charge is 0.304 e. The molecule has 1 aromatic heterocycles. The Bertz CT molecular complexity index is 572. The zero-order valence-electron chi connectivity index (χ0n) is 11.3. The van der Waals surface area contributed by atoms with Gasteiger partial charge < -0.3 is 14.8 Å². The van der Waals surface area contributed by atoms with Gasteiger partial charge in [-0.25, -0.2) is 0 Å². The molecule has 0 fully saturated rings. The first-order chi connectivity index (χ1) is 9.00. The van der Waals surface area contributed by atoms with Crippen LogP contribution in [0.5, 0.6) is 0 Å². The van der Waals surface area contributed by atoms with Crippen molar-refractivity contribution in [2.45, 2.75) is 25.7 Å². The highest BCUT2D eigenvalue weighted by atomic mass is 16.4. The first-order valence-corrected chi connectivity index (χ1v) is 6.40. The predicted octanol–water partition coefficient (Wildman–Crippen LogP) is 2.77. The monoisotopic (exact) mass is 261 g/mol. The minimum absolute atomic E-state index is 0.106. The van der Waals surface area contributed by atoms with Crippen LogP contribution in [0.15, 0.2) is 34.9 Å². The number of aliphatic carboxylic acids is 1. The fraction of sp³-hybridized carbons (Fsp3) is 0.400. The summed E-state index contributed by atoms with van der Waals surface area (Å²) in [6.07, 6.45) is 1.94. The molecule has 19 heavy (non-hydrogen) atoms. The number of fused-ring (bicyclic) bond motifs is 1. The van der Waals surface area contributed by atoms with E-state index >= 15 is 0 Å². The van der Waals surface area contributed by atoms with Crippen LogP contribution in [0.25, 0.3) is 11.0 Å². The molecular formula is C15H19NO3. The van der Waals surface area contributed by atoms with Crippen molar-refractivity contribution in [2.24, 2.45) is 0 Å². The van der Waals surface area contributed by atoms with Crippen LogP contribution in [-0.4, -0.2) is 24.2 Å². The first-order valence-electron chi connectivity index (χ1n) is 6.40. The average molecular weight is 261 g/mol. The molecule has 0 unspecified atom stereocenters. The molecular weight excluding hydrogens is 242 g/mol. The van der Waals surface area contributed by atoms with E-state index in [9.17, 15) is 4.79 Å². The second kappa shape index (κ2) is 5.45. The zero-order valence-corrected chi connectivity index (χ0v) is 11.3. The molecule has 0 aliphatic heterocycles. The standard InChI is InChI=1S/C15H19NO3/c1-15(2,10-16-8-7-14(17)18)12-9-19-13-6-4-3-5-11(12)13/h3-6,9,16H,7-8,10H2,1-2H3,(H,17,18). The number of carboxylic acid groups (broad SMARTS) is 1. The number of furan rings is 1. The molecule has 0 aliphatic rings. The number of nitrogens with one attached hydrogen (secondary N) is 1. The molecule has 0 radical (unpaired) electrons. The third-order valence-electron chi connectivity index (χ3n) is 3.29. The molecule has 1 heterocycles. The van der Waals surface area contributed by atoms with E-state index in [1.165, 1.54) is 0 Å². The predicted molar refractivity (Wildman–Crippen MR) is 74.4 cm³/mol. The van der Waals surface area contributed by atoms with Gasteiger partial charge in [0.2, 0.25) is 0 Å². The van der Waals surface area contributed by atoms with Crippen LogP contribution >= 0.6 is 0 Å². The molecule has 0 bridgehead atoms. The number of hydrogen-bond acceptors (Lipinski definition) is 3. The average Bonchev–Trinajstić information content (AvgIpc) is 2.79. The van der Waals surface area contributed by atoms with Crippen LogP contribution < -0.4 is 5.32 Å². The van der Waals surface area contributed by atoms with Crippen molar-refractivity contribution in [1.82, 2.24) is 5.32 Å². The molecule has 0 saturated carbocycles. The van der Waals surface area contributed by atoms with Crippen molar-refractivity contribution >= 4 is 16.9 Å². The van der Waals surface area contributed by atoms with Crippen molar-refractivity contribution in [3.63, 3.8) is 0 Å². The van der Waals surface area contributed by atoms with E-state index in [0.717, 1.165) is 16.5 Å². The zero-order chi connectivity index (χ0) is 13.9. The highest BCUT2D eigenvalue weighted by molar-refractivity contribution is 5.82. The van der Waals surface area contributed by atoms with Crippen molar-refractivity contribution in [2.75, 3.05) is 13.1 Å². The molecule has 2 rings (SSSR count). The Labute approximate surface area is 112 Å².